The largest absolute Gasteiger partial charge is 0.497 e. The summed E-state index contributed by atoms with van der Waals surface area (Å²) in [5.74, 6) is 1.52. The van der Waals surface area contributed by atoms with E-state index in [2.05, 4.69) is 18.9 Å². The third-order valence-electron chi connectivity index (χ3n) is 3.14. The average molecular weight is 245 g/mol. The number of hydrogen-bond donors (Lipinski definition) is 1. The molecule has 0 radical (unpaired) electrons. The summed E-state index contributed by atoms with van der Waals surface area (Å²) in [4.78, 5) is 0. The number of hydrogen-bond acceptors (Lipinski definition) is 3. The normalized spacial score (nSPS) is 12.4. The van der Waals surface area contributed by atoms with E-state index in [1.807, 2.05) is 35.0 Å². The summed E-state index contributed by atoms with van der Waals surface area (Å²) in [6.45, 7) is 4.23. The third kappa shape index (κ3) is 2.32. The van der Waals surface area contributed by atoms with E-state index >= 15 is 0 Å². The summed E-state index contributed by atoms with van der Waals surface area (Å²) in [5.41, 5.74) is 7.89. The van der Waals surface area contributed by atoms with E-state index in [1.165, 1.54) is 0 Å². The number of aromatic nitrogens is 2. The van der Waals surface area contributed by atoms with Gasteiger partial charge in [0, 0.05) is 11.6 Å². The minimum atomic E-state index is 0.310. The van der Waals surface area contributed by atoms with Gasteiger partial charge in [0.25, 0.3) is 0 Å². The van der Waals surface area contributed by atoms with Gasteiger partial charge in [-0.25, -0.2) is 4.68 Å². The molecule has 18 heavy (non-hydrogen) atoms. The Labute approximate surface area is 107 Å². The van der Waals surface area contributed by atoms with E-state index < -0.39 is 0 Å². The van der Waals surface area contributed by atoms with Crippen LogP contribution in [0.3, 0.4) is 0 Å². The van der Waals surface area contributed by atoms with Crippen molar-refractivity contribution in [2.24, 2.45) is 0 Å². The van der Waals surface area contributed by atoms with Crippen LogP contribution in [0.25, 0.3) is 11.3 Å². The van der Waals surface area contributed by atoms with Gasteiger partial charge < -0.3 is 10.5 Å². The SMILES string of the molecule is CCC(C)n1nc(-c2cccc(OC)c2)cc1N. The van der Waals surface area contributed by atoms with Gasteiger partial charge in [0.05, 0.1) is 18.8 Å². The van der Waals surface area contributed by atoms with Crippen molar-refractivity contribution in [2.75, 3.05) is 12.8 Å². The molecule has 4 heteroatoms. The van der Waals surface area contributed by atoms with Gasteiger partial charge in [-0.3, -0.25) is 0 Å². The van der Waals surface area contributed by atoms with Gasteiger partial charge >= 0.3 is 0 Å². The van der Waals surface area contributed by atoms with Crippen LogP contribution in [-0.4, -0.2) is 16.9 Å². The highest BCUT2D eigenvalue weighted by atomic mass is 16.5. The predicted octanol–water partition coefficient (Wildman–Crippen LogP) is 3.11. The smallest absolute Gasteiger partial charge is 0.122 e. The summed E-state index contributed by atoms with van der Waals surface area (Å²) >= 11 is 0. The van der Waals surface area contributed by atoms with Crippen molar-refractivity contribution in [3.63, 3.8) is 0 Å². The molecule has 1 aromatic heterocycles. The molecule has 2 aromatic rings. The lowest BCUT2D eigenvalue weighted by atomic mass is 10.1. The Kier molecular flexibility index (Phi) is 3.55. The fourth-order valence-corrected chi connectivity index (χ4v) is 1.86. The molecule has 1 unspecified atom stereocenters. The second kappa shape index (κ2) is 5.12. The quantitative estimate of drug-likeness (QED) is 0.900. The maximum Gasteiger partial charge on any atom is 0.122 e. The molecule has 0 spiro atoms. The van der Waals surface area contributed by atoms with E-state index in [4.69, 9.17) is 10.5 Å². The van der Waals surface area contributed by atoms with Crippen molar-refractivity contribution >= 4 is 5.82 Å². The monoisotopic (exact) mass is 245 g/mol. The molecular formula is C14H19N3O. The zero-order chi connectivity index (χ0) is 13.1. The molecule has 2 rings (SSSR count). The molecule has 1 aromatic carbocycles. The van der Waals surface area contributed by atoms with Crippen LogP contribution in [-0.2, 0) is 0 Å². The van der Waals surface area contributed by atoms with Crippen molar-refractivity contribution in [1.29, 1.82) is 0 Å². The molecule has 4 nitrogen and oxygen atoms in total. The van der Waals surface area contributed by atoms with Gasteiger partial charge in [-0.15, -0.1) is 0 Å². The van der Waals surface area contributed by atoms with Crippen LogP contribution < -0.4 is 10.5 Å². The lowest BCUT2D eigenvalue weighted by Crippen LogP contribution is -2.08. The first-order valence-electron chi connectivity index (χ1n) is 6.15. The number of methoxy groups -OCH3 is 1. The number of benzene rings is 1. The summed E-state index contributed by atoms with van der Waals surface area (Å²) in [5, 5.41) is 4.56. The van der Waals surface area contributed by atoms with Crippen LogP contribution in [0.1, 0.15) is 26.3 Å². The molecule has 0 aliphatic heterocycles. The Morgan fingerprint density at radius 1 is 1.39 bits per heavy atom. The molecule has 0 fully saturated rings. The van der Waals surface area contributed by atoms with Crippen LogP contribution in [0.2, 0.25) is 0 Å². The van der Waals surface area contributed by atoms with Gasteiger partial charge in [0.15, 0.2) is 0 Å². The zero-order valence-corrected chi connectivity index (χ0v) is 11.1. The van der Waals surface area contributed by atoms with Crippen LogP contribution in [0, 0.1) is 0 Å². The Morgan fingerprint density at radius 2 is 2.17 bits per heavy atom. The highest BCUT2D eigenvalue weighted by Crippen LogP contribution is 2.26. The molecule has 2 N–H and O–H groups in total. The van der Waals surface area contributed by atoms with E-state index in [0.29, 0.717) is 11.9 Å². The second-order valence-corrected chi connectivity index (χ2v) is 4.39. The second-order valence-electron chi connectivity index (χ2n) is 4.39. The molecule has 0 saturated carbocycles. The molecule has 0 amide bonds. The van der Waals surface area contributed by atoms with Crippen LogP contribution in [0.15, 0.2) is 30.3 Å². The fourth-order valence-electron chi connectivity index (χ4n) is 1.86. The number of nitrogens with zero attached hydrogens (tertiary/aromatic N) is 2. The van der Waals surface area contributed by atoms with Crippen LogP contribution in [0.4, 0.5) is 5.82 Å². The Bertz CT molecular complexity index is 534. The minimum Gasteiger partial charge on any atom is -0.497 e. The van der Waals surface area contributed by atoms with Crippen molar-refractivity contribution in [1.82, 2.24) is 9.78 Å². The van der Waals surface area contributed by atoms with E-state index in [0.717, 1.165) is 23.4 Å². The van der Waals surface area contributed by atoms with Crippen molar-refractivity contribution in [2.45, 2.75) is 26.3 Å². The first kappa shape index (κ1) is 12.5. The van der Waals surface area contributed by atoms with Crippen molar-refractivity contribution in [3.8, 4) is 17.0 Å². The summed E-state index contributed by atoms with van der Waals surface area (Å²) < 4.78 is 7.09. The standard InChI is InChI=1S/C14H19N3O/c1-4-10(2)17-14(15)9-13(16-17)11-6-5-7-12(8-11)18-3/h5-10H,4,15H2,1-3H3. The highest BCUT2D eigenvalue weighted by Gasteiger charge is 2.11. The van der Waals surface area contributed by atoms with Gasteiger partial charge in [0.1, 0.15) is 11.6 Å². The Balaban J connectivity index is 2.39. The first-order chi connectivity index (χ1) is 8.65. The Morgan fingerprint density at radius 3 is 2.83 bits per heavy atom. The van der Waals surface area contributed by atoms with Gasteiger partial charge in [-0.05, 0) is 25.5 Å². The van der Waals surface area contributed by atoms with E-state index in [1.54, 1.807) is 7.11 Å². The van der Waals surface area contributed by atoms with Gasteiger partial charge in [-0.1, -0.05) is 19.1 Å². The number of anilines is 1. The first-order valence-corrected chi connectivity index (χ1v) is 6.15. The molecular weight excluding hydrogens is 226 g/mol. The Hall–Kier alpha value is -1.97. The zero-order valence-electron chi connectivity index (χ0n) is 11.1. The van der Waals surface area contributed by atoms with Crippen LogP contribution in [0.5, 0.6) is 5.75 Å². The average Bonchev–Trinajstić information content (AvgIpc) is 2.80. The lowest BCUT2D eigenvalue weighted by Gasteiger charge is -2.10. The molecule has 1 heterocycles. The number of rotatable bonds is 4. The molecule has 0 aliphatic carbocycles. The van der Waals surface area contributed by atoms with Crippen molar-refractivity contribution < 1.29 is 4.74 Å². The van der Waals surface area contributed by atoms with E-state index in [-0.39, 0.29) is 0 Å². The summed E-state index contributed by atoms with van der Waals surface area (Å²) in [7, 11) is 1.66. The maximum atomic E-state index is 5.99. The van der Waals surface area contributed by atoms with Crippen LogP contribution >= 0.6 is 0 Å². The van der Waals surface area contributed by atoms with Gasteiger partial charge in [0.2, 0.25) is 0 Å². The molecule has 0 aliphatic rings. The summed E-state index contributed by atoms with van der Waals surface area (Å²) in [6, 6.07) is 10.0. The van der Waals surface area contributed by atoms with Crippen molar-refractivity contribution in [3.05, 3.63) is 30.3 Å². The molecule has 96 valence electrons. The highest BCUT2D eigenvalue weighted by molar-refractivity contribution is 5.64. The molecule has 1 atom stereocenters. The molecule has 0 saturated heterocycles. The number of ether oxygens (including phenoxy) is 1. The number of nitrogens with two attached hydrogens (primary N) is 1. The third-order valence-corrected chi connectivity index (χ3v) is 3.14. The molecule has 0 bridgehead atoms. The number of nitrogen functional groups attached to an aromatic ring is 1. The lowest BCUT2D eigenvalue weighted by molar-refractivity contribution is 0.415. The fraction of sp³-hybridized carbons (Fsp3) is 0.357. The maximum absolute atomic E-state index is 5.99. The predicted molar refractivity (Wildman–Crippen MR) is 73.6 cm³/mol. The van der Waals surface area contributed by atoms with Gasteiger partial charge in [-0.2, -0.15) is 5.10 Å². The topological polar surface area (TPSA) is 53.1 Å². The van der Waals surface area contributed by atoms with E-state index in [9.17, 15) is 0 Å². The summed E-state index contributed by atoms with van der Waals surface area (Å²) in [6.07, 6.45) is 1.00. The minimum absolute atomic E-state index is 0.310.